The van der Waals surface area contributed by atoms with Crippen molar-refractivity contribution in [1.82, 2.24) is 14.9 Å². The Kier molecular flexibility index (Phi) is 6.02. The van der Waals surface area contributed by atoms with Crippen molar-refractivity contribution in [2.75, 3.05) is 30.4 Å². The predicted molar refractivity (Wildman–Crippen MR) is 139 cm³/mol. The first-order valence-corrected chi connectivity index (χ1v) is 11.9. The Bertz CT molecular complexity index is 1310. The molecular weight excluding hydrogens is 448 g/mol. The van der Waals surface area contributed by atoms with Gasteiger partial charge < -0.3 is 9.80 Å². The molecule has 0 fully saturated rings. The van der Waals surface area contributed by atoms with Crippen molar-refractivity contribution in [3.8, 4) is 0 Å². The largest absolute Gasteiger partial charge is 0.378 e. The van der Waals surface area contributed by atoms with E-state index in [0.717, 1.165) is 23.6 Å². The smallest absolute Gasteiger partial charge is 0.216 e. The second-order valence-electron chi connectivity index (χ2n) is 7.93. The highest BCUT2D eigenvalue weighted by molar-refractivity contribution is 7.99. The number of benzene rings is 3. The summed E-state index contributed by atoms with van der Waals surface area (Å²) in [5.41, 5.74) is 4.58. The summed E-state index contributed by atoms with van der Waals surface area (Å²) < 4.78 is 2.20. The molecule has 166 valence electrons. The topological polar surface area (TPSA) is 52.5 Å². The second-order valence-corrected chi connectivity index (χ2v) is 9.40. The number of nitrogens with one attached hydrogen (secondary N) is 1. The first-order valence-electron chi connectivity index (χ1n) is 10.7. The molecule has 0 radical (unpaired) electrons. The molecule has 0 atom stereocenters. The minimum Gasteiger partial charge on any atom is -0.378 e. The zero-order valence-corrected chi connectivity index (χ0v) is 20.1. The maximum Gasteiger partial charge on any atom is 0.216 e. The summed E-state index contributed by atoms with van der Waals surface area (Å²) in [5.74, 6) is 0.800. The monoisotopic (exact) mass is 472 g/mol. The van der Waals surface area contributed by atoms with Crippen molar-refractivity contribution >= 4 is 47.3 Å². The van der Waals surface area contributed by atoms with Crippen molar-refractivity contribution in [3.05, 3.63) is 89.0 Å². The van der Waals surface area contributed by atoms with E-state index in [1.165, 1.54) is 21.2 Å². The second kappa shape index (κ2) is 9.25. The van der Waals surface area contributed by atoms with Gasteiger partial charge in [0, 0.05) is 42.5 Å². The van der Waals surface area contributed by atoms with Crippen LogP contribution >= 0.6 is 24.0 Å². The number of aromatic amines is 1. The van der Waals surface area contributed by atoms with Gasteiger partial charge in [-0.2, -0.15) is 14.9 Å². The Hall–Kier alpha value is -3.36. The van der Waals surface area contributed by atoms with Gasteiger partial charge in [-0.25, -0.2) is 0 Å². The maximum absolute atomic E-state index is 5.45. The standard InChI is InChI=1S/C25H24N6S2/c1-29(2)19-13-11-18(12-14-19)17-26-31-24(27-28-25(31)32)15-16-30-20-7-3-5-9-22(20)33-23-10-6-4-8-21(23)30/h3-14,17H,15-16H2,1-2H3,(H,28,32)/b26-17-. The molecule has 2 heterocycles. The fourth-order valence-corrected chi connectivity index (χ4v) is 5.12. The normalized spacial score (nSPS) is 12.6. The quantitative estimate of drug-likeness (QED) is 0.287. The number of anilines is 3. The van der Waals surface area contributed by atoms with Crippen molar-refractivity contribution in [1.29, 1.82) is 0 Å². The molecule has 33 heavy (non-hydrogen) atoms. The molecule has 3 aromatic carbocycles. The van der Waals surface area contributed by atoms with E-state index in [2.05, 4.69) is 85.8 Å². The fourth-order valence-electron chi connectivity index (χ4n) is 3.82. The highest BCUT2D eigenvalue weighted by Crippen LogP contribution is 2.47. The van der Waals surface area contributed by atoms with E-state index in [1.807, 2.05) is 44.2 Å². The number of nitrogens with zero attached hydrogens (tertiary/aromatic N) is 5. The predicted octanol–water partition coefficient (Wildman–Crippen LogP) is 5.73. The molecule has 5 rings (SSSR count). The Morgan fingerprint density at radius 1 is 0.970 bits per heavy atom. The molecule has 1 N–H and O–H groups in total. The number of hydrogen-bond acceptors (Lipinski definition) is 6. The van der Waals surface area contributed by atoms with Crippen molar-refractivity contribution in [3.63, 3.8) is 0 Å². The van der Waals surface area contributed by atoms with Gasteiger partial charge in [0.2, 0.25) is 4.77 Å². The summed E-state index contributed by atoms with van der Waals surface area (Å²) in [7, 11) is 4.05. The van der Waals surface area contributed by atoms with Gasteiger partial charge in [-0.05, 0) is 54.2 Å². The van der Waals surface area contributed by atoms with Gasteiger partial charge >= 0.3 is 0 Å². The lowest BCUT2D eigenvalue weighted by Gasteiger charge is -2.32. The van der Waals surface area contributed by atoms with Crippen LogP contribution in [0, 0.1) is 4.77 Å². The lowest BCUT2D eigenvalue weighted by atomic mass is 10.2. The molecule has 1 aliphatic heterocycles. The zero-order chi connectivity index (χ0) is 22.8. The summed E-state index contributed by atoms with van der Waals surface area (Å²) in [6, 6.07) is 25.3. The average molecular weight is 473 g/mol. The molecule has 6 nitrogen and oxygen atoms in total. The van der Waals surface area contributed by atoms with Gasteiger partial charge in [0.05, 0.1) is 17.6 Å². The highest BCUT2D eigenvalue weighted by Gasteiger charge is 2.23. The van der Waals surface area contributed by atoms with E-state index < -0.39 is 0 Å². The van der Waals surface area contributed by atoms with Crippen LogP contribution in [0.5, 0.6) is 0 Å². The molecule has 0 amide bonds. The van der Waals surface area contributed by atoms with Gasteiger partial charge in [0.1, 0.15) is 0 Å². The molecule has 0 unspecified atom stereocenters. The number of para-hydroxylation sites is 2. The van der Waals surface area contributed by atoms with Crippen LogP contribution in [0.2, 0.25) is 0 Å². The minimum absolute atomic E-state index is 0.487. The van der Waals surface area contributed by atoms with Crippen molar-refractivity contribution in [2.24, 2.45) is 5.10 Å². The lowest BCUT2D eigenvalue weighted by molar-refractivity contribution is 0.744. The SMILES string of the molecule is CN(C)c1ccc(/C=N\n2c(CCN3c4ccccc4Sc4ccccc43)n[nH]c2=S)cc1. The van der Waals surface area contributed by atoms with Crippen LogP contribution in [-0.4, -0.2) is 41.7 Å². The van der Waals surface area contributed by atoms with Gasteiger partial charge in [0.15, 0.2) is 5.82 Å². The molecule has 0 spiro atoms. The van der Waals surface area contributed by atoms with Gasteiger partial charge in [-0.15, -0.1) is 0 Å². The number of fused-ring (bicyclic) bond motifs is 2. The minimum atomic E-state index is 0.487. The molecule has 1 aromatic heterocycles. The number of H-pyrrole nitrogens is 1. The average Bonchev–Trinajstić information content (AvgIpc) is 3.19. The fraction of sp³-hybridized carbons (Fsp3) is 0.160. The highest BCUT2D eigenvalue weighted by atomic mass is 32.2. The lowest BCUT2D eigenvalue weighted by Crippen LogP contribution is -2.24. The first-order chi connectivity index (χ1) is 16.1. The van der Waals surface area contributed by atoms with Crippen LogP contribution in [0.1, 0.15) is 11.4 Å². The van der Waals surface area contributed by atoms with E-state index in [4.69, 9.17) is 12.2 Å². The van der Waals surface area contributed by atoms with Crippen molar-refractivity contribution in [2.45, 2.75) is 16.2 Å². The summed E-state index contributed by atoms with van der Waals surface area (Å²) in [5, 5.41) is 12.0. The molecular formula is C25H24N6S2. The van der Waals surface area contributed by atoms with Crippen LogP contribution in [0.15, 0.2) is 87.7 Å². The summed E-state index contributed by atoms with van der Waals surface area (Å²) in [4.78, 5) is 6.94. The number of aromatic nitrogens is 3. The molecule has 4 aromatic rings. The summed E-state index contributed by atoms with van der Waals surface area (Å²) in [6.07, 6.45) is 2.51. The van der Waals surface area contributed by atoms with E-state index in [1.54, 1.807) is 4.68 Å². The van der Waals surface area contributed by atoms with E-state index >= 15 is 0 Å². The molecule has 0 saturated heterocycles. The maximum atomic E-state index is 5.45. The summed E-state index contributed by atoms with van der Waals surface area (Å²) >= 11 is 7.26. The molecule has 0 aliphatic carbocycles. The Morgan fingerprint density at radius 2 is 1.61 bits per heavy atom. The van der Waals surface area contributed by atoms with Crippen LogP contribution < -0.4 is 9.80 Å². The van der Waals surface area contributed by atoms with Crippen LogP contribution in [0.3, 0.4) is 0 Å². The third-order valence-electron chi connectivity index (χ3n) is 5.54. The van der Waals surface area contributed by atoms with Gasteiger partial charge in [0.25, 0.3) is 0 Å². The van der Waals surface area contributed by atoms with E-state index in [-0.39, 0.29) is 0 Å². The number of rotatable bonds is 6. The third kappa shape index (κ3) is 4.44. The Morgan fingerprint density at radius 3 is 2.24 bits per heavy atom. The Balaban J connectivity index is 1.38. The van der Waals surface area contributed by atoms with Crippen LogP contribution in [0.4, 0.5) is 17.1 Å². The van der Waals surface area contributed by atoms with E-state index in [9.17, 15) is 0 Å². The van der Waals surface area contributed by atoms with Crippen LogP contribution in [-0.2, 0) is 6.42 Å². The molecule has 0 saturated carbocycles. The van der Waals surface area contributed by atoms with Crippen molar-refractivity contribution < 1.29 is 0 Å². The third-order valence-corrected chi connectivity index (χ3v) is 6.93. The van der Waals surface area contributed by atoms with Crippen LogP contribution in [0.25, 0.3) is 0 Å². The summed E-state index contributed by atoms with van der Waals surface area (Å²) in [6.45, 7) is 0.765. The van der Waals surface area contributed by atoms with E-state index in [0.29, 0.717) is 11.2 Å². The van der Waals surface area contributed by atoms with Gasteiger partial charge in [-0.3, -0.25) is 5.10 Å². The molecule has 0 bridgehead atoms. The molecule has 1 aliphatic rings. The molecule has 8 heteroatoms. The zero-order valence-electron chi connectivity index (χ0n) is 18.5. The first kappa shape index (κ1) is 21.5. The number of hydrogen-bond donors (Lipinski definition) is 1. The van der Waals surface area contributed by atoms with Gasteiger partial charge in [-0.1, -0.05) is 48.2 Å². The Labute approximate surface area is 202 Å².